The number of nitrogens with two attached hydrogens (primary N) is 1. The van der Waals surface area contributed by atoms with Crippen LogP contribution in [0.15, 0.2) is 0 Å². The summed E-state index contributed by atoms with van der Waals surface area (Å²) >= 11 is 0. The van der Waals surface area contributed by atoms with E-state index < -0.39 is 61.7 Å². The Labute approximate surface area is 374 Å². The van der Waals surface area contributed by atoms with Crippen molar-refractivity contribution in [1.82, 2.24) is 0 Å². The Balaban J connectivity index is 2.30. The molecule has 61 heavy (non-hydrogen) atoms. The lowest BCUT2D eigenvalue weighted by Gasteiger charge is -2.41. The number of aliphatic hydroxyl groups excluding tert-OH is 6. The molecule has 0 aromatic heterocycles. The van der Waals surface area contributed by atoms with Crippen LogP contribution >= 0.6 is 0 Å². The van der Waals surface area contributed by atoms with Crippen molar-refractivity contribution < 1.29 is 44.9 Å². The van der Waals surface area contributed by atoms with Crippen LogP contribution < -0.4 is 5.73 Å². The average Bonchev–Trinajstić information content (AvgIpc) is 3.25. The average molecular weight is 872 g/mol. The number of aliphatic hydroxyl groups is 6. The summed E-state index contributed by atoms with van der Waals surface area (Å²) in [4.78, 5) is 13.6. The van der Waals surface area contributed by atoms with E-state index in [4.69, 9.17) is 15.2 Å². The van der Waals surface area contributed by atoms with E-state index in [2.05, 4.69) is 13.8 Å². The van der Waals surface area contributed by atoms with Gasteiger partial charge in [-0.05, 0) is 12.8 Å². The Morgan fingerprint density at radius 1 is 0.508 bits per heavy atom. The van der Waals surface area contributed by atoms with Crippen LogP contribution in [-0.2, 0) is 14.3 Å². The number of hydrogen-bond acceptors (Lipinski definition) is 10. The minimum Gasteiger partial charge on any atom is -0.394 e. The van der Waals surface area contributed by atoms with Crippen LogP contribution in [-0.4, -0.2) is 92.2 Å². The maximum Gasteiger partial charge on any atom is 0.188 e. The van der Waals surface area contributed by atoms with Crippen LogP contribution in [0.4, 0.5) is 0 Å². The quantitative estimate of drug-likeness (QED) is 0.0230. The highest BCUT2D eigenvalue weighted by atomic mass is 16.7. The summed E-state index contributed by atoms with van der Waals surface area (Å²) in [5.74, 6) is -1.62. The van der Waals surface area contributed by atoms with Crippen molar-refractivity contribution in [2.75, 3.05) is 6.61 Å². The number of ketones is 1. The molecule has 0 saturated carbocycles. The van der Waals surface area contributed by atoms with Crippen LogP contribution in [0, 0.1) is 5.92 Å². The summed E-state index contributed by atoms with van der Waals surface area (Å²) < 4.78 is 11.2. The molecule has 1 rings (SSSR count). The highest BCUT2D eigenvalue weighted by Crippen LogP contribution is 2.27. The van der Waals surface area contributed by atoms with E-state index in [1.165, 1.54) is 180 Å². The SMILES string of the molecule is CCCCCCCCCCCCCCCCCCCCCCCCCCCC(=O)[C@H](C(N)O[C@H]1O[C@H](CO)[C@H](O)[C@H](O)[C@H]1O)[C@H](O)[C@H](O)CCCCCCCCCCCCC. The topological polar surface area (TPSA) is 183 Å². The number of carbonyl (C=O) groups is 1. The summed E-state index contributed by atoms with van der Waals surface area (Å²) in [6.07, 6.45) is 33.9. The molecule has 0 bridgehead atoms. The van der Waals surface area contributed by atoms with Gasteiger partial charge in [-0.3, -0.25) is 4.79 Å². The fourth-order valence-electron chi connectivity index (χ4n) is 9.02. The van der Waals surface area contributed by atoms with Crippen molar-refractivity contribution in [3.63, 3.8) is 0 Å². The molecule has 0 amide bonds. The Kier molecular flexibility index (Phi) is 39.0. The molecule has 1 fully saturated rings. The third-order valence-corrected chi connectivity index (χ3v) is 13.3. The molecule has 9 atom stereocenters. The van der Waals surface area contributed by atoms with Crippen LogP contribution in [0.5, 0.6) is 0 Å². The van der Waals surface area contributed by atoms with E-state index in [1.54, 1.807) is 0 Å². The first-order chi connectivity index (χ1) is 29.7. The Hall–Kier alpha value is -0.690. The minimum absolute atomic E-state index is 0.165. The number of rotatable bonds is 45. The van der Waals surface area contributed by atoms with E-state index in [0.29, 0.717) is 19.3 Å². The Bertz CT molecular complexity index is 957. The number of unbranched alkanes of at least 4 members (excludes halogenated alkanes) is 34. The molecule has 364 valence electrons. The Morgan fingerprint density at radius 3 is 1.18 bits per heavy atom. The zero-order valence-electron chi connectivity index (χ0n) is 39.8. The third kappa shape index (κ3) is 29.5. The van der Waals surface area contributed by atoms with Gasteiger partial charge in [-0.1, -0.05) is 239 Å². The second kappa shape index (κ2) is 40.8. The molecule has 0 aromatic rings. The first-order valence-electron chi connectivity index (χ1n) is 26.3. The summed E-state index contributed by atoms with van der Waals surface area (Å²) in [6, 6.07) is 0. The second-order valence-corrected chi connectivity index (χ2v) is 18.9. The van der Waals surface area contributed by atoms with Gasteiger partial charge >= 0.3 is 0 Å². The second-order valence-electron chi connectivity index (χ2n) is 18.9. The fraction of sp³-hybridized carbons (Fsp3) is 0.980. The van der Waals surface area contributed by atoms with Gasteiger partial charge in [-0.15, -0.1) is 0 Å². The normalized spacial score (nSPS) is 21.4. The molecular formula is C51H101NO9. The van der Waals surface area contributed by atoms with E-state index in [9.17, 15) is 35.4 Å². The van der Waals surface area contributed by atoms with Crippen molar-refractivity contribution >= 4 is 5.78 Å². The number of Topliss-reactive ketones (excluding diaryl/α,β-unsaturated/α-hetero) is 1. The van der Waals surface area contributed by atoms with Crippen molar-refractivity contribution in [3.8, 4) is 0 Å². The first-order valence-corrected chi connectivity index (χ1v) is 26.3. The largest absolute Gasteiger partial charge is 0.394 e. The predicted molar refractivity (Wildman–Crippen MR) is 250 cm³/mol. The van der Waals surface area contributed by atoms with Crippen molar-refractivity contribution in [2.45, 2.75) is 307 Å². The fourth-order valence-corrected chi connectivity index (χ4v) is 9.02. The predicted octanol–water partition coefficient (Wildman–Crippen LogP) is 10.9. The van der Waals surface area contributed by atoms with E-state index >= 15 is 0 Å². The van der Waals surface area contributed by atoms with Gasteiger partial charge in [0.2, 0.25) is 0 Å². The molecule has 1 saturated heterocycles. The van der Waals surface area contributed by atoms with Gasteiger partial charge in [0.05, 0.1) is 24.7 Å². The van der Waals surface area contributed by atoms with Gasteiger partial charge in [-0.25, -0.2) is 0 Å². The van der Waals surface area contributed by atoms with Crippen molar-refractivity contribution in [2.24, 2.45) is 11.7 Å². The third-order valence-electron chi connectivity index (χ3n) is 13.3. The molecule has 1 heterocycles. The minimum atomic E-state index is -1.70. The molecule has 0 aromatic carbocycles. The zero-order chi connectivity index (χ0) is 44.8. The first kappa shape index (κ1) is 58.3. The van der Waals surface area contributed by atoms with Gasteiger partial charge in [-0.2, -0.15) is 0 Å². The smallest absolute Gasteiger partial charge is 0.188 e. The molecule has 10 nitrogen and oxygen atoms in total. The zero-order valence-corrected chi connectivity index (χ0v) is 39.8. The monoisotopic (exact) mass is 872 g/mol. The van der Waals surface area contributed by atoms with Crippen LogP contribution in [0.3, 0.4) is 0 Å². The molecule has 1 aliphatic rings. The van der Waals surface area contributed by atoms with Gasteiger partial charge in [0.15, 0.2) is 6.29 Å². The van der Waals surface area contributed by atoms with Gasteiger partial charge in [0.1, 0.15) is 36.4 Å². The number of hydrogen-bond donors (Lipinski definition) is 7. The summed E-state index contributed by atoms with van der Waals surface area (Å²) in [7, 11) is 0. The van der Waals surface area contributed by atoms with Gasteiger partial charge < -0.3 is 45.8 Å². The van der Waals surface area contributed by atoms with Crippen molar-refractivity contribution in [3.05, 3.63) is 0 Å². The summed E-state index contributed by atoms with van der Waals surface area (Å²) in [5.41, 5.74) is 6.36. The maximum absolute atomic E-state index is 13.6. The Morgan fingerprint density at radius 2 is 0.836 bits per heavy atom. The van der Waals surface area contributed by atoms with E-state index in [0.717, 1.165) is 38.5 Å². The molecule has 0 spiro atoms. The van der Waals surface area contributed by atoms with Gasteiger partial charge in [0.25, 0.3) is 0 Å². The summed E-state index contributed by atoms with van der Waals surface area (Å²) in [5, 5.41) is 62.8. The highest BCUT2D eigenvalue weighted by molar-refractivity contribution is 5.82. The number of ether oxygens (including phenoxy) is 2. The lowest BCUT2D eigenvalue weighted by molar-refractivity contribution is -0.315. The lowest BCUT2D eigenvalue weighted by Crippen LogP contribution is -2.61. The standard InChI is InChI=1S/C51H101NO9/c1-3-5-7-9-11-13-15-16-17-18-19-20-21-22-23-24-25-26-27-28-30-31-33-35-37-39-42(54)45(50(52)61-51-49(59)48(58)47(57)44(41-53)60-51)46(56)43(55)40-38-36-34-32-29-14-12-10-8-6-4-2/h43-51,53,55-59H,3-41,52H2,1-2H3/t43-,44-,45+,46-,47+,48+,49-,50?,51-/m1/s1. The van der Waals surface area contributed by atoms with Gasteiger partial charge in [0, 0.05) is 6.42 Å². The van der Waals surface area contributed by atoms with E-state index in [1.807, 2.05) is 0 Å². The van der Waals surface area contributed by atoms with Crippen LogP contribution in [0.1, 0.15) is 258 Å². The lowest BCUT2D eigenvalue weighted by atomic mass is 9.87. The molecule has 0 radical (unpaired) electrons. The molecule has 0 aliphatic carbocycles. The molecular weight excluding hydrogens is 771 g/mol. The molecule has 8 N–H and O–H groups in total. The van der Waals surface area contributed by atoms with Crippen LogP contribution in [0.2, 0.25) is 0 Å². The number of carbonyl (C=O) groups excluding carboxylic acids is 1. The van der Waals surface area contributed by atoms with E-state index in [-0.39, 0.29) is 12.2 Å². The van der Waals surface area contributed by atoms with Crippen LogP contribution in [0.25, 0.3) is 0 Å². The maximum atomic E-state index is 13.6. The molecule has 1 aliphatic heterocycles. The molecule has 1 unspecified atom stereocenters. The molecule has 10 heteroatoms. The highest BCUT2D eigenvalue weighted by Gasteiger charge is 2.46. The van der Waals surface area contributed by atoms with Crippen molar-refractivity contribution in [1.29, 1.82) is 0 Å². The summed E-state index contributed by atoms with van der Waals surface area (Å²) in [6.45, 7) is 3.87.